The third-order valence-electron chi connectivity index (χ3n) is 5.30. The SMILES string of the molecule is CCNC(=NCC1CCCN1CC)NCCc1csc(N2CCCC2)n1.I. The highest BCUT2D eigenvalue weighted by Gasteiger charge is 2.22. The number of halogens is 1. The largest absolute Gasteiger partial charge is 0.357 e. The number of anilines is 1. The Morgan fingerprint density at radius 2 is 2.04 bits per heavy atom. The maximum absolute atomic E-state index is 4.82. The number of guanidine groups is 1. The first-order valence-corrected chi connectivity index (χ1v) is 11.1. The standard InChI is InChI=1S/C19H34N6S.HI/c1-3-20-18(22-14-17-8-7-13-24(17)4-2)21-10-9-16-15-26-19(23-16)25-11-5-6-12-25;/h15,17H,3-14H2,1-2H3,(H2,20,21,22);1H. The Morgan fingerprint density at radius 1 is 1.22 bits per heavy atom. The Hall–Kier alpha value is -0.610. The second kappa shape index (κ2) is 12.1. The molecule has 2 saturated heterocycles. The molecule has 0 aliphatic carbocycles. The minimum Gasteiger partial charge on any atom is -0.357 e. The van der Waals surface area contributed by atoms with Crippen molar-refractivity contribution in [1.29, 1.82) is 0 Å². The summed E-state index contributed by atoms with van der Waals surface area (Å²) in [5.74, 6) is 0.936. The van der Waals surface area contributed by atoms with Gasteiger partial charge in [-0.05, 0) is 45.7 Å². The molecule has 0 spiro atoms. The molecule has 2 aliphatic heterocycles. The first kappa shape index (κ1) is 22.7. The third-order valence-corrected chi connectivity index (χ3v) is 6.25. The number of thiazole rings is 1. The quantitative estimate of drug-likeness (QED) is 0.323. The van der Waals surface area contributed by atoms with E-state index in [9.17, 15) is 0 Å². The highest BCUT2D eigenvalue weighted by molar-refractivity contribution is 14.0. The predicted molar refractivity (Wildman–Crippen MR) is 127 cm³/mol. The van der Waals surface area contributed by atoms with Gasteiger partial charge in [-0.1, -0.05) is 6.92 Å². The Labute approximate surface area is 185 Å². The summed E-state index contributed by atoms with van der Waals surface area (Å²) in [7, 11) is 0. The molecular formula is C19H35IN6S. The summed E-state index contributed by atoms with van der Waals surface area (Å²) in [4.78, 5) is 14.6. The summed E-state index contributed by atoms with van der Waals surface area (Å²) < 4.78 is 0. The molecule has 1 aromatic heterocycles. The lowest BCUT2D eigenvalue weighted by Crippen LogP contribution is -2.40. The van der Waals surface area contributed by atoms with Crippen LogP contribution in [-0.4, -0.2) is 67.7 Å². The number of nitrogens with zero attached hydrogens (tertiary/aromatic N) is 4. The fourth-order valence-electron chi connectivity index (χ4n) is 3.83. The first-order chi connectivity index (χ1) is 12.8. The molecule has 1 atom stereocenters. The monoisotopic (exact) mass is 506 g/mol. The zero-order valence-electron chi connectivity index (χ0n) is 16.7. The van der Waals surface area contributed by atoms with Crippen LogP contribution in [0.5, 0.6) is 0 Å². The van der Waals surface area contributed by atoms with Crippen molar-refractivity contribution in [3.05, 3.63) is 11.1 Å². The topological polar surface area (TPSA) is 55.8 Å². The Bertz CT molecular complexity index is 572. The average Bonchev–Trinajstić information content (AvgIpc) is 3.40. The fraction of sp³-hybridized carbons (Fsp3) is 0.789. The minimum atomic E-state index is 0. The molecule has 2 N–H and O–H groups in total. The Morgan fingerprint density at radius 3 is 2.78 bits per heavy atom. The summed E-state index contributed by atoms with van der Waals surface area (Å²) in [6.07, 6.45) is 6.13. The zero-order chi connectivity index (χ0) is 18.2. The summed E-state index contributed by atoms with van der Waals surface area (Å²) in [5.41, 5.74) is 1.19. The Balaban J connectivity index is 0.00000261. The summed E-state index contributed by atoms with van der Waals surface area (Å²) >= 11 is 1.78. The van der Waals surface area contributed by atoms with Crippen molar-refractivity contribution in [1.82, 2.24) is 20.5 Å². The smallest absolute Gasteiger partial charge is 0.191 e. The molecule has 8 heteroatoms. The van der Waals surface area contributed by atoms with Crippen molar-refractivity contribution in [2.24, 2.45) is 4.99 Å². The molecule has 0 amide bonds. The maximum Gasteiger partial charge on any atom is 0.191 e. The van der Waals surface area contributed by atoms with Gasteiger partial charge in [-0.3, -0.25) is 9.89 Å². The van der Waals surface area contributed by atoms with Gasteiger partial charge in [0, 0.05) is 44.0 Å². The van der Waals surface area contributed by atoms with E-state index >= 15 is 0 Å². The van der Waals surface area contributed by atoms with Gasteiger partial charge in [0.05, 0.1) is 12.2 Å². The molecule has 27 heavy (non-hydrogen) atoms. The number of aromatic nitrogens is 1. The van der Waals surface area contributed by atoms with E-state index in [0.717, 1.165) is 38.6 Å². The van der Waals surface area contributed by atoms with Crippen LogP contribution in [0.1, 0.15) is 45.2 Å². The number of aliphatic imine (C=N–C) groups is 1. The van der Waals surface area contributed by atoms with Gasteiger partial charge in [-0.15, -0.1) is 35.3 Å². The van der Waals surface area contributed by atoms with E-state index < -0.39 is 0 Å². The number of likely N-dealkylation sites (tertiary alicyclic amines) is 1. The van der Waals surface area contributed by atoms with E-state index in [0.29, 0.717) is 6.04 Å². The van der Waals surface area contributed by atoms with Crippen molar-refractivity contribution in [2.75, 3.05) is 50.7 Å². The van der Waals surface area contributed by atoms with Gasteiger partial charge in [0.15, 0.2) is 11.1 Å². The maximum atomic E-state index is 4.82. The van der Waals surface area contributed by atoms with Gasteiger partial charge < -0.3 is 15.5 Å². The van der Waals surface area contributed by atoms with Gasteiger partial charge in [0.1, 0.15) is 0 Å². The summed E-state index contributed by atoms with van der Waals surface area (Å²) in [6.45, 7) is 11.7. The molecule has 0 saturated carbocycles. The second-order valence-electron chi connectivity index (χ2n) is 7.14. The molecular weight excluding hydrogens is 471 g/mol. The summed E-state index contributed by atoms with van der Waals surface area (Å²) in [6, 6.07) is 0.608. The van der Waals surface area contributed by atoms with Crippen LogP contribution in [0.2, 0.25) is 0 Å². The van der Waals surface area contributed by atoms with Crippen molar-refractivity contribution >= 4 is 46.4 Å². The number of likely N-dealkylation sites (N-methyl/N-ethyl adjacent to an activating group) is 1. The number of hydrogen-bond donors (Lipinski definition) is 2. The number of rotatable bonds is 8. The van der Waals surface area contributed by atoms with E-state index in [1.54, 1.807) is 11.3 Å². The van der Waals surface area contributed by atoms with E-state index in [1.807, 2.05) is 0 Å². The van der Waals surface area contributed by atoms with Gasteiger partial charge in [0.2, 0.25) is 0 Å². The molecule has 2 aliphatic rings. The van der Waals surface area contributed by atoms with Gasteiger partial charge in [-0.2, -0.15) is 0 Å². The van der Waals surface area contributed by atoms with Crippen LogP contribution in [-0.2, 0) is 6.42 Å². The molecule has 2 fully saturated rings. The third kappa shape index (κ3) is 6.74. The highest BCUT2D eigenvalue weighted by atomic mass is 127. The predicted octanol–water partition coefficient (Wildman–Crippen LogP) is 2.94. The highest BCUT2D eigenvalue weighted by Crippen LogP contribution is 2.24. The minimum absolute atomic E-state index is 0. The number of hydrogen-bond acceptors (Lipinski definition) is 5. The van der Waals surface area contributed by atoms with Crippen LogP contribution >= 0.6 is 35.3 Å². The molecule has 1 aromatic rings. The van der Waals surface area contributed by atoms with Crippen molar-refractivity contribution in [3.63, 3.8) is 0 Å². The lowest BCUT2D eigenvalue weighted by atomic mass is 10.2. The number of nitrogens with one attached hydrogen (secondary N) is 2. The first-order valence-electron chi connectivity index (χ1n) is 10.3. The molecule has 6 nitrogen and oxygen atoms in total. The van der Waals surface area contributed by atoms with Crippen LogP contribution in [0.15, 0.2) is 10.4 Å². The molecule has 0 aromatic carbocycles. The molecule has 1 unspecified atom stereocenters. The molecule has 3 heterocycles. The summed E-state index contributed by atoms with van der Waals surface area (Å²) in [5, 5.41) is 10.2. The fourth-order valence-corrected chi connectivity index (χ4v) is 4.74. The van der Waals surface area contributed by atoms with Crippen molar-refractivity contribution in [3.8, 4) is 0 Å². The van der Waals surface area contributed by atoms with Crippen LogP contribution in [0, 0.1) is 0 Å². The van der Waals surface area contributed by atoms with E-state index in [2.05, 4.69) is 39.7 Å². The van der Waals surface area contributed by atoms with E-state index in [4.69, 9.17) is 9.98 Å². The van der Waals surface area contributed by atoms with Crippen molar-refractivity contribution < 1.29 is 0 Å². The van der Waals surface area contributed by atoms with Gasteiger partial charge in [0.25, 0.3) is 0 Å². The van der Waals surface area contributed by atoms with Crippen LogP contribution in [0.4, 0.5) is 5.13 Å². The van der Waals surface area contributed by atoms with Crippen LogP contribution < -0.4 is 15.5 Å². The lowest BCUT2D eigenvalue weighted by Gasteiger charge is -2.21. The second-order valence-corrected chi connectivity index (χ2v) is 7.97. The zero-order valence-corrected chi connectivity index (χ0v) is 19.9. The molecule has 0 bridgehead atoms. The average molecular weight is 507 g/mol. The molecule has 3 rings (SSSR count). The molecule has 154 valence electrons. The Kier molecular flexibility index (Phi) is 10.1. The van der Waals surface area contributed by atoms with Gasteiger partial charge >= 0.3 is 0 Å². The van der Waals surface area contributed by atoms with Crippen molar-refractivity contribution in [2.45, 2.75) is 52.0 Å². The molecule has 0 radical (unpaired) electrons. The lowest BCUT2D eigenvalue weighted by molar-refractivity contribution is 0.273. The van der Waals surface area contributed by atoms with Crippen LogP contribution in [0.25, 0.3) is 0 Å². The normalized spacial score (nSPS) is 20.7. The van der Waals surface area contributed by atoms with E-state index in [-0.39, 0.29) is 24.0 Å². The van der Waals surface area contributed by atoms with E-state index in [1.165, 1.54) is 56.1 Å². The van der Waals surface area contributed by atoms with Gasteiger partial charge in [-0.25, -0.2) is 4.98 Å². The van der Waals surface area contributed by atoms with Crippen LogP contribution in [0.3, 0.4) is 0 Å².